The Bertz CT molecular complexity index is 680. The number of hydrogen-bond donors (Lipinski definition) is 3. The molecule has 1 aromatic rings. The molecule has 1 aliphatic heterocycles. The Hall–Kier alpha value is -2.37. The largest absolute Gasteiger partial charge is 0.384 e. The van der Waals surface area contributed by atoms with E-state index in [2.05, 4.69) is 5.32 Å². The van der Waals surface area contributed by atoms with Crippen molar-refractivity contribution in [2.75, 3.05) is 6.54 Å². The van der Waals surface area contributed by atoms with Gasteiger partial charge in [-0.3, -0.25) is 15.0 Å². The van der Waals surface area contributed by atoms with Crippen LogP contribution in [-0.2, 0) is 16.1 Å². The quantitative estimate of drug-likeness (QED) is 0.508. The van der Waals surface area contributed by atoms with Gasteiger partial charge in [0.2, 0.25) is 11.8 Å². The Kier molecular flexibility index (Phi) is 6.48. The number of amides is 2. The van der Waals surface area contributed by atoms with E-state index in [1.165, 1.54) is 32.1 Å². The second kappa shape index (κ2) is 9.02. The van der Waals surface area contributed by atoms with Crippen molar-refractivity contribution in [3.8, 4) is 0 Å². The molecule has 0 spiro atoms. The van der Waals surface area contributed by atoms with E-state index in [1.54, 1.807) is 17.0 Å². The predicted molar refractivity (Wildman–Crippen MR) is 105 cm³/mol. The Morgan fingerprint density at radius 2 is 1.81 bits per heavy atom. The smallest absolute Gasteiger partial charge is 0.243 e. The van der Waals surface area contributed by atoms with Crippen molar-refractivity contribution in [2.45, 2.75) is 64.0 Å². The third-order valence-electron chi connectivity index (χ3n) is 5.87. The van der Waals surface area contributed by atoms with Crippen LogP contribution in [0.5, 0.6) is 0 Å². The maximum atomic E-state index is 12.5. The molecule has 4 N–H and O–H groups in total. The van der Waals surface area contributed by atoms with Crippen LogP contribution >= 0.6 is 0 Å². The van der Waals surface area contributed by atoms with Crippen molar-refractivity contribution >= 4 is 17.6 Å². The number of amidine groups is 1. The first kappa shape index (κ1) is 19.4. The number of benzene rings is 1. The summed E-state index contributed by atoms with van der Waals surface area (Å²) in [4.78, 5) is 26.6. The zero-order valence-electron chi connectivity index (χ0n) is 15.9. The van der Waals surface area contributed by atoms with Crippen molar-refractivity contribution in [1.29, 1.82) is 5.41 Å². The van der Waals surface area contributed by atoms with E-state index in [9.17, 15) is 9.59 Å². The Balaban J connectivity index is 1.42. The van der Waals surface area contributed by atoms with Crippen molar-refractivity contribution in [2.24, 2.45) is 11.7 Å². The van der Waals surface area contributed by atoms with Crippen LogP contribution in [0.1, 0.15) is 62.5 Å². The number of likely N-dealkylation sites (tertiary alicyclic amines) is 1. The molecule has 0 bridgehead atoms. The molecule has 1 aliphatic carbocycles. The molecule has 0 unspecified atom stereocenters. The van der Waals surface area contributed by atoms with Crippen LogP contribution < -0.4 is 11.1 Å². The van der Waals surface area contributed by atoms with E-state index in [-0.39, 0.29) is 23.7 Å². The van der Waals surface area contributed by atoms with E-state index >= 15 is 0 Å². The molecule has 0 aromatic heterocycles. The molecule has 2 amide bonds. The van der Waals surface area contributed by atoms with E-state index in [4.69, 9.17) is 11.1 Å². The number of hydrogen-bond acceptors (Lipinski definition) is 3. The highest BCUT2D eigenvalue weighted by Gasteiger charge is 2.37. The van der Waals surface area contributed by atoms with Gasteiger partial charge in [-0.2, -0.15) is 0 Å². The zero-order chi connectivity index (χ0) is 19.2. The normalized spacial score (nSPS) is 20.0. The highest BCUT2D eigenvalue weighted by atomic mass is 16.2. The summed E-state index contributed by atoms with van der Waals surface area (Å²) in [6.07, 6.45) is 8.69. The molecule has 1 heterocycles. The molecular formula is C21H30N4O2. The Labute approximate surface area is 161 Å². The molecule has 3 rings (SSSR count). The molecule has 2 aliphatic rings. The first-order valence-electron chi connectivity index (χ1n) is 10.0. The molecule has 1 aromatic carbocycles. The Morgan fingerprint density at radius 1 is 1.11 bits per heavy atom. The molecule has 6 nitrogen and oxygen atoms in total. The number of nitrogen functional groups attached to an aromatic ring is 1. The molecule has 2 fully saturated rings. The standard InChI is InChI=1S/C21H30N4O2/c22-20(23)17-9-6-16(7-10-17)14-24-21(27)18-12-13-25(18)19(26)11-8-15-4-2-1-3-5-15/h6-7,9-10,15,18H,1-5,8,11-14H2,(H3,22,23)(H,24,27)/t18-/m0/s1. The lowest BCUT2D eigenvalue weighted by molar-refractivity contribution is -0.147. The van der Waals surface area contributed by atoms with Crippen LogP contribution in [0.15, 0.2) is 24.3 Å². The summed E-state index contributed by atoms with van der Waals surface area (Å²) in [5.74, 6) is 0.761. The zero-order valence-corrected chi connectivity index (χ0v) is 15.9. The Morgan fingerprint density at radius 3 is 2.41 bits per heavy atom. The van der Waals surface area contributed by atoms with E-state index in [1.807, 2.05) is 12.1 Å². The number of nitrogens with two attached hydrogens (primary N) is 1. The first-order chi connectivity index (χ1) is 13.0. The lowest BCUT2D eigenvalue weighted by Gasteiger charge is -2.40. The maximum Gasteiger partial charge on any atom is 0.243 e. The van der Waals surface area contributed by atoms with Gasteiger partial charge in [0.05, 0.1) is 0 Å². The number of nitrogens with zero attached hydrogens (tertiary/aromatic N) is 1. The van der Waals surface area contributed by atoms with Gasteiger partial charge in [0.1, 0.15) is 11.9 Å². The molecule has 6 heteroatoms. The average molecular weight is 370 g/mol. The number of rotatable bonds is 7. The summed E-state index contributed by atoms with van der Waals surface area (Å²) in [6.45, 7) is 1.10. The van der Waals surface area contributed by atoms with Crippen LogP contribution in [0, 0.1) is 11.3 Å². The molecule has 1 saturated heterocycles. The topological polar surface area (TPSA) is 99.3 Å². The van der Waals surface area contributed by atoms with Gasteiger partial charge in [-0.15, -0.1) is 0 Å². The summed E-state index contributed by atoms with van der Waals surface area (Å²) >= 11 is 0. The molecule has 1 saturated carbocycles. The van der Waals surface area contributed by atoms with Gasteiger partial charge in [0.25, 0.3) is 0 Å². The van der Waals surface area contributed by atoms with Crippen LogP contribution in [0.3, 0.4) is 0 Å². The summed E-state index contributed by atoms with van der Waals surface area (Å²) in [6, 6.07) is 6.93. The van der Waals surface area contributed by atoms with Crippen LogP contribution in [0.4, 0.5) is 0 Å². The highest BCUT2D eigenvalue weighted by Crippen LogP contribution is 2.28. The van der Waals surface area contributed by atoms with Gasteiger partial charge < -0.3 is 16.0 Å². The summed E-state index contributed by atoms with van der Waals surface area (Å²) in [7, 11) is 0. The van der Waals surface area contributed by atoms with Crippen molar-refractivity contribution in [3.63, 3.8) is 0 Å². The second-order valence-electron chi connectivity index (χ2n) is 7.76. The minimum Gasteiger partial charge on any atom is -0.384 e. The summed E-state index contributed by atoms with van der Waals surface area (Å²) in [5.41, 5.74) is 7.06. The lowest BCUT2D eigenvalue weighted by atomic mass is 9.86. The fourth-order valence-electron chi connectivity index (χ4n) is 4.01. The van der Waals surface area contributed by atoms with E-state index in [0.29, 0.717) is 31.0 Å². The van der Waals surface area contributed by atoms with Crippen molar-refractivity contribution in [1.82, 2.24) is 10.2 Å². The van der Waals surface area contributed by atoms with Gasteiger partial charge in [-0.1, -0.05) is 56.4 Å². The molecule has 27 heavy (non-hydrogen) atoms. The second-order valence-corrected chi connectivity index (χ2v) is 7.76. The van der Waals surface area contributed by atoms with Gasteiger partial charge in [0, 0.05) is 25.1 Å². The van der Waals surface area contributed by atoms with E-state index < -0.39 is 0 Å². The van der Waals surface area contributed by atoms with Gasteiger partial charge in [-0.05, 0) is 24.3 Å². The summed E-state index contributed by atoms with van der Waals surface area (Å²) in [5, 5.41) is 10.3. The molecule has 1 atom stereocenters. The first-order valence-corrected chi connectivity index (χ1v) is 10.0. The summed E-state index contributed by atoms with van der Waals surface area (Å²) < 4.78 is 0. The highest BCUT2D eigenvalue weighted by molar-refractivity contribution is 5.94. The fraction of sp³-hybridized carbons (Fsp3) is 0.571. The molecule has 146 valence electrons. The van der Waals surface area contributed by atoms with Crippen molar-refractivity contribution < 1.29 is 9.59 Å². The van der Waals surface area contributed by atoms with Crippen LogP contribution in [0.25, 0.3) is 0 Å². The van der Waals surface area contributed by atoms with Crippen LogP contribution in [0.2, 0.25) is 0 Å². The van der Waals surface area contributed by atoms with Gasteiger partial charge >= 0.3 is 0 Å². The molecular weight excluding hydrogens is 340 g/mol. The van der Waals surface area contributed by atoms with Gasteiger partial charge in [0.15, 0.2) is 0 Å². The molecule has 0 radical (unpaired) electrons. The van der Waals surface area contributed by atoms with E-state index in [0.717, 1.165) is 18.4 Å². The van der Waals surface area contributed by atoms with Gasteiger partial charge in [-0.25, -0.2) is 0 Å². The third kappa shape index (κ3) is 5.08. The number of carbonyl (C=O) groups is 2. The predicted octanol–water partition coefficient (Wildman–Crippen LogP) is 2.55. The minimum atomic E-state index is -0.319. The SMILES string of the molecule is N=C(N)c1ccc(CNC(=O)[C@@H]2CCN2C(=O)CCC2CCCCC2)cc1. The minimum absolute atomic E-state index is 0.0300. The number of nitrogens with one attached hydrogen (secondary N) is 2. The average Bonchev–Trinajstić information content (AvgIpc) is 2.65. The maximum absolute atomic E-state index is 12.5. The van der Waals surface area contributed by atoms with Crippen molar-refractivity contribution in [3.05, 3.63) is 35.4 Å². The fourth-order valence-corrected chi connectivity index (χ4v) is 4.01. The number of carbonyl (C=O) groups excluding carboxylic acids is 2. The third-order valence-corrected chi connectivity index (χ3v) is 5.87. The van der Waals surface area contributed by atoms with Crippen LogP contribution in [-0.4, -0.2) is 35.1 Å². The monoisotopic (exact) mass is 370 g/mol. The lowest BCUT2D eigenvalue weighted by Crippen LogP contribution is -2.58.